The van der Waals surface area contributed by atoms with Gasteiger partial charge in [-0.2, -0.15) is 0 Å². The first kappa shape index (κ1) is 8.71. The highest BCUT2D eigenvalue weighted by molar-refractivity contribution is 5.63. The molecule has 1 aromatic carbocycles. The van der Waals surface area contributed by atoms with E-state index < -0.39 is 0 Å². The molecule has 0 unspecified atom stereocenters. The van der Waals surface area contributed by atoms with E-state index in [0.29, 0.717) is 0 Å². The van der Waals surface area contributed by atoms with Crippen LogP contribution in [0.25, 0.3) is 0 Å². The zero-order valence-corrected chi connectivity index (χ0v) is 7.42. The zero-order valence-electron chi connectivity index (χ0n) is 7.42. The maximum Gasteiger partial charge on any atom is 0.142 e. The normalized spacial score (nSPS) is 9.50. The number of hydrogen-bond acceptors (Lipinski definition) is 3. The van der Waals surface area contributed by atoms with Crippen LogP contribution < -0.4 is 15.8 Å². The van der Waals surface area contributed by atoms with E-state index in [1.807, 2.05) is 25.1 Å². The van der Waals surface area contributed by atoms with Crippen LogP contribution in [-0.4, -0.2) is 13.7 Å². The lowest BCUT2D eigenvalue weighted by Crippen LogP contribution is -2.00. The molecule has 0 saturated heterocycles. The average molecular weight is 166 g/mol. The van der Waals surface area contributed by atoms with Gasteiger partial charge in [0.1, 0.15) is 5.75 Å². The molecular formula is C9H14N2O. The van der Waals surface area contributed by atoms with Gasteiger partial charge in [0.25, 0.3) is 0 Å². The van der Waals surface area contributed by atoms with Gasteiger partial charge in [0.2, 0.25) is 0 Å². The van der Waals surface area contributed by atoms with Gasteiger partial charge >= 0.3 is 0 Å². The summed E-state index contributed by atoms with van der Waals surface area (Å²) >= 11 is 0. The summed E-state index contributed by atoms with van der Waals surface area (Å²) in [6.07, 6.45) is 0. The number of ether oxygens (including phenoxy) is 1. The standard InChI is InChI=1S/C9H14N2O/c1-3-11-8-6-7(10)4-5-9(8)12-2/h4-6,11H,3,10H2,1-2H3. The predicted octanol–water partition coefficient (Wildman–Crippen LogP) is 1.71. The molecule has 0 aliphatic carbocycles. The number of methoxy groups -OCH3 is 1. The quantitative estimate of drug-likeness (QED) is 0.672. The lowest BCUT2D eigenvalue weighted by molar-refractivity contribution is 0.416. The number of hydrogen-bond donors (Lipinski definition) is 2. The van der Waals surface area contributed by atoms with Crippen LogP contribution in [0.2, 0.25) is 0 Å². The summed E-state index contributed by atoms with van der Waals surface area (Å²) in [6, 6.07) is 5.54. The van der Waals surface area contributed by atoms with Crippen LogP contribution in [0.5, 0.6) is 5.75 Å². The third kappa shape index (κ3) is 1.81. The molecule has 3 N–H and O–H groups in total. The van der Waals surface area contributed by atoms with Crippen LogP contribution in [0.4, 0.5) is 11.4 Å². The number of nitrogen functional groups attached to an aromatic ring is 1. The van der Waals surface area contributed by atoms with E-state index in [1.165, 1.54) is 0 Å². The van der Waals surface area contributed by atoms with Gasteiger partial charge in [0.05, 0.1) is 12.8 Å². The number of anilines is 2. The van der Waals surface area contributed by atoms with Gasteiger partial charge in [-0.1, -0.05) is 0 Å². The molecule has 0 aliphatic rings. The van der Waals surface area contributed by atoms with Gasteiger partial charge in [-0.3, -0.25) is 0 Å². The Hall–Kier alpha value is -1.38. The summed E-state index contributed by atoms with van der Waals surface area (Å²) in [6.45, 7) is 2.89. The van der Waals surface area contributed by atoms with Crippen molar-refractivity contribution in [2.24, 2.45) is 0 Å². The molecule has 3 nitrogen and oxygen atoms in total. The SMILES string of the molecule is CCNc1cc(N)ccc1OC. The van der Waals surface area contributed by atoms with Gasteiger partial charge in [-0.15, -0.1) is 0 Å². The summed E-state index contributed by atoms with van der Waals surface area (Å²) in [5, 5.41) is 3.16. The van der Waals surface area contributed by atoms with Crippen LogP contribution >= 0.6 is 0 Å². The predicted molar refractivity (Wildman–Crippen MR) is 51.6 cm³/mol. The van der Waals surface area contributed by atoms with Gasteiger partial charge < -0.3 is 15.8 Å². The molecule has 0 atom stereocenters. The van der Waals surface area contributed by atoms with E-state index in [9.17, 15) is 0 Å². The number of benzene rings is 1. The Kier molecular flexibility index (Phi) is 2.80. The largest absolute Gasteiger partial charge is 0.495 e. The molecule has 0 aromatic heterocycles. The maximum atomic E-state index is 5.62. The molecular weight excluding hydrogens is 152 g/mol. The minimum atomic E-state index is 0.742. The molecule has 0 spiro atoms. The van der Waals surface area contributed by atoms with Crippen LogP contribution in [0.3, 0.4) is 0 Å². The molecule has 66 valence electrons. The third-order valence-corrected chi connectivity index (χ3v) is 1.59. The maximum absolute atomic E-state index is 5.62. The van der Waals surface area contributed by atoms with E-state index in [-0.39, 0.29) is 0 Å². The van der Waals surface area contributed by atoms with Crippen molar-refractivity contribution >= 4 is 11.4 Å². The fourth-order valence-electron chi connectivity index (χ4n) is 1.05. The molecule has 1 aromatic rings. The third-order valence-electron chi connectivity index (χ3n) is 1.59. The Labute approximate surface area is 72.5 Å². The van der Waals surface area contributed by atoms with Gasteiger partial charge in [-0.25, -0.2) is 0 Å². The highest BCUT2D eigenvalue weighted by Gasteiger charge is 2.00. The van der Waals surface area contributed by atoms with Crippen LogP contribution in [0, 0.1) is 0 Å². The Bertz CT molecular complexity index is 261. The highest BCUT2D eigenvalue weighted by Crippen LogP contribution is 2.25. The fraction of sp³-hybridized carbons (Fsp3) is 0.333. The highest BCUT2D eigenvalue weighted by atomic mass is 16.5. The number of rotatable bonds is 3. The van der Waals surface area contributed by atoms with Crippen molar-refractivity contribution in [2.75, 3.05) is 24.7 Å². The second-order valence-electron chi connectivity index (χ2n) is 2.49. The molecule has 0 bridgehead atoms. The monoisotopic (exact) mass is 166 g/mol. The Morgan fingerprint density at radius 2 is 2.25 bits per heavy atom. The molecule has 0 amide bonds. The Morgan fingerprint density at radius 1 is 1.50 bits per heavy atom. The van der Waals surface area contributed by atoms with E-state index in [2.05, 4.69) is 5.32 Å². The van der Waals surface area contributed by atoms with Crippen molar-refractivity contribution in [3.05, 3.63) is 18.2 Å². The number of nitrogens with two attached hydrogens (primary N) is 1. The summed E-state index contributed by atoms with van der Waals surface area (Å²) < 4.78 is 5.13. The van der Waals surface area contributed by atoms with Crippen molar-refractivity contribution in [1.82, 2.24) is 0 Å². The summed E-state index contributed by atoms with van der Waals surface area (Å²) in [4.78, 5) is 0. The van der Waals surface area contributed by atoms with Crippen LogP contribution in [0.1, 0.15) is 6.92 Å². The van der Waals surface area contributed by atoms with Crippen LogP contribution in [0.15, 0.2) is 18.2 Å². The fourth-order valence-corrected chi connectivity index (χ4v) is 1.05. The van der Waals surface area contributed by atoms with E-state index >= 15 is 0 Å². The summed E-state index contributed by atoms with van der Waals surface area (Å²) in [5.74, 6) is 0.825. The minimum Gasteiger partial charge on any atom is -0.495 e. The first-order valence-electron chi connectivity index (χ1n) is 3.95. The van der Waals surface area contributed by atoms with Crippen molar-refractivity contribution in [3.63, 3.8) is 0 Å². The molecule has 1 rings (SSSR count). The van der Waals surface area contributed by atoms with Crippen molar-refractivity contribution in [2.45, 2.75) is 6.92 Å². The van der Waals surface area contributed by atoms with Crippen molar-refractivity contribution in [3.8, 4) is 5.75 Å². The Morgan fingerprint density at radius 3 is 2.83 bits per heavy atom. The van der Waals surface area contributed by atoms with E-state index in [0.717, 1.165) is 23.7 Å². The molecule has 0 heterocycles. The van der Waals surface area contributed by atoms with Gasteiger partial charge in [0.15, 0.2) is 0 Å². The molecule has 3 heteroatoms. The smallest absolute Gasteiger partial charge is 0.142 e. The summed E-state index contributed by atoms with van der Waals surface area (Å²) in [7, 11) is 1.65. The van der Waals surface area contributed by atoms with E-state index in [1.54, 1.807) is 7.11 Å². The van der Waals surface area contributed by atoms with Crippen molar-refractivity contribution < 1.29 is 4.74 Å². The zero-order chi connectivity index (χ0) is 8.97. The summed E-state index contributed by atoms with van der Waals surface area (Å²) in [5.41, 5.74) is 7.30. The molecule has 12 heavy (non-hydrogen) atoms. The molecule has 0 fully saturated rings. The second kappa shape index (κ2) is 3.85. The minimum absolute atomic E-state index is 0.742. The second-order valence-corrected chi connectivity index (χ2v) is 2.49. The van der Waals surface area contributed by atoms with Gasteiger partial charge in [0, 0.05) is 12.2 Å². The van der Waals surface area contributed by atoms with Gasteiger partial charge in [-0.05, 0) is 25.1 Å². The number of nitrogens with one attached hydrogen (secondary N) is 1. The van der Waals surface area contributed by atoms with Crippen molar-refractivity contribution in [1.29, 1.82) is 0 Å². The van der Waals surface area contributed by atoms with E-state index in [4.69, 9.17) is 10.5 Å². The first-order valence-corrected chi connectivity index (χ1v) is 3.95. The average Bonchev–Trinajstić information content (AvgIpc) is 2.05. The topological polar surface area (TPSA) is 47.3 Å². The molecule has 0 radical (unpaired) electrons. The lowest BCUT2D eigenvalue weighted by atomic mass is 10.2. The van der Waals surface area contributed by atoms with Crippen LogP contribution in [-0.2, 0) is 0 Å². The first-order chi connectivity index (χ1) is 5.77. The lowest BCUT2D eigenvalue weighted by Gasteiger charge is -2.09. The molecule has 0 aliphatic heterocycles. The molecule has 0 saturated carbocycles. The Balaban J connectivity index is 2.95.